The highest BCUT2D eigenvalue weighted by atomic mass is 32.1. The third kappa shape index (κ3) is 3.36. The van der Waals surface area contributed by atoms with Gasteiger partial charge in [-0.2, -0.15) is 0 Å². The van der Waals surface area contributed by atoms with Crippen molar-refractivity contribution in [3.63, 3.8) is 0 Å². The fraction of sp³-hybridized carbons (Fsp3) is 0.500. The zero-order valence-electron chi connectivity index (χ0n) is 20.7. The van der Waals surface area contributed by atoms with Crippen LogP contribution in [-0.4, -0.2) is 50.4 Å². The van der Waals surface area contributed by atoms with E-state index in [0.717, 1.165) is 64.7 Å². The third-order valence-corrected chi connectivity index (χ3v) is 9.64. The summed E-state index contributed by atoms with van der Waals surface area (Å²) in [6.07, 6.45) is 7.21. The maximum absolute atomic E-state index is 13.7. The van der Waals surface area contributed by atoms with E-state index in [0.29, 0.717) is 36.7 Å². The molecule has 37 heavy (non-hydrogen) atoms. The number of aryl methyl sites for hydroxylation is 2. The van der Waals surface area contributed by atoms with Gasteiger partial charge < -0.3 is 21.3 Å². The van der Waals surface area contributed by atoms with Gasteiger partial charge in [0.15, 0.2) is 0 Å². The lowest BCUT2D eigenvalue weighted by atomic mass is 9.86. The first-order chi connectivity index (χ1) is 17.8. The first kappa shape index (κ1) is 22.9. The molecule has 0 unspecified atom stereocenters. The molecule has 1 spiro atoms. The summed E-state index contributed by atoms with van der Waals surface area (Å²) in [4.78, 5) is 52.4. The molecule has 2 aliphatic carbocycles. The molecule has 1 saturated heterocycles. The van der Waals surface area contributed by atoms with Crippen LogP contribution in [0.1, 0.15) is 58.6 Å². The van der Waals surface area contributed by atoms with Gasteiger partial charge in [0, 0.05) is 29.9 Å². The van der Waals surface area contributed by atoms with E-state index in [4.69, 9.17) is 5.73 Å². The Bertz CT molecular complexity index is 1530. The van der Waals surface area contributed by atoms with Crippen molar-refractivity contribution >= 4 is 44.9 Å². The molecule has 11 heteroatoms. The summed E-state index contributed by atoms with van der Waals surface area (Å²) in [6.45, 7) is 3.16. The number of hydrogen-bond donors (Lipinski definition) is 3. The van der Waals surface area contributed by atoms with E-state index >= 15 is 0 Å². The molecular formula is C26H29N7O3S. The van der Waals surface area contributed by atoms with Crippen LogP contribution in [-0.2, 0) is 23.3 Å². The number of nitrogens with one attached hydrogen (secondary N) is 2. The predicted molar refractivity (Wildman–Crippen MR) is 140 cm³/mol. The zero-order chi connectivity index (χ0) is 25.5. The number of nitrogens with zero attached hydrogens (tertiary/aromatic N) is 4. The van der Waals surface area contributed by atoms with E-state index in [1.807, 2.05) is 11.8 Å². The molecule has 0 aromatic carbocycles. The molecule has 5 heterocycles. The van der Waals surface area contributed by atoms with Gasteiger partial charge in [0.05, 0.1) is 5.39 Å². The molecule has 2 fully saturated rings. The Morgan fingerprint density at radius 3 is 2.78 bits per heavy atom. The quantitative estimate of drug-likeness (QED) is 0.483. The highest BCUT2D eigenvalue weighted by molar-refractivity contribution is 7.19. The van der Waals surface area contributed by atoms with Gasteiger partial charge in [0.2, 0.25) is 5.91 Å². The number of aromatic nitrogens is 3. The Morgan fingerprint density at radius 2 is 2.03 bits per heavy atom. The van der Waals surface area contributed by atoms with E-state index in [9.17, 15) is 14.4 Å². The molecule has 7 rings (SSSR count). The minimum atomic E-state index is -0.629. The summed E-state index contributed by atoms with van der Waals surface area (Å²) in [7, 11) is 0. The van der Waals surface area contributed by atoms with Crippen molar-refractivity contribution in [1.82, 2.24) is 24.8 Å². The lowest BCUT2D eigenvalue weighted by molar-refractivity contribution is -0.140. The monoisotopic (exact) mass is 519 g/mol. The van der Waals surface area contributed by atoms with Crippen LogP contribution in [0.4, 0.5) is 11.5 Å². The van der Waals surface area contributed by atoms with Crippen LogP contribution >= 0.6 is 11.3 Å². The second-order valence-corrected chi connectivity index (χ2v) is 12.0. The molecule has 3 aromatic rings. The molecule has 0 bridgehead atoms. The van der Waals surface area contributed by atoms with Crippen LogP contribution in [0.3, 0.4) is 0 Å². The zero-order valence-corrected chi connectivity index (χ0v) is 21.5. The molecule has 2 aliphatic heterocycles. The SMILES string of the molecule is Cc1cc(Nc2ncnc3sc4c(c23)CC[C@H](C(=O)N2CC(N)C2)C4)c(=O)n2c1C(=O)NC21CCCC1. The minimum absolute atomic E-state index is 0.0333. The van der Waals surface area contributed by atoms with Gasteiger partial charge in [-0.1, -0.05) is 0 Å². The molecule has 1 saturated carbocycles. The largest absolute Gasteiger partial charge is 0.339 e. The number of thiophene rings is 1. The van der Waals surface area contributed by atoms with Gasteiger partial charge in [0.1, 0.15) is 34.0 Å². The van der Waals surface area contributed by atoms with E-state index in [1.165, 1.54) is 6.33 Å². The van der Waals surface area contributed by atoms with Gasteiger partial charge in [-0.15, -0.1) is 11.3 Å². The van der Waals surface area contributed by atoms with Crippen LogP contribution in [0.25, 0.3) is 10.2 Å². The summed E-state index contributed by atoms with van der Waals surface area (Å²) in [6, 6.07) is 1.85. The number of nitrogens with two attached hydrogens (primary N) is 1. The van der Waals surface area contributed by atoms with E-state index < -0.39 is 5.66 Å². The average molecular weight is 520 g/mol. The lowest BCUT2D eigenvalue weighted by Gasteiger charge is -2.39. The number of rotatable bonds is 3. The van der Waals surface area contributed by atoms with Crippen LogP contribution in [0.2, 0.25) is 0 Å². The number of amides is 2. The molecule has 0 radical (unpaired) electrons. The van der Waals surface area contributed by atoms with Crippen molar-refractivity contribution in [2.24, 2.45) is 11.7 Å². The first-order valence-corrected chi connectivity index (χ1v) is 13.8. The highest BCUT2D eigenvalue weighted by Crippen LogP contribution is 2.42. The van der Waals surface area contributed by atoms with Gasteiger partial charge in [-0.25, -0.2) is 9.97 Å². The van der Waals surface area contributed by atoms with Gasteiger partial charge in [-0.05, 0) is 69.1 Å². The maximum atomic E-state index is 13.7. The third-order valence-electron chi connectivity index (χ3n) is 8.48. The Morgan fingerprint density at radius 1 is 1.24 bits per heavy atom. The molecule has 4 N–H and O–H groups in total. The smallest absolute Gasteiger partial charge is 0.276 e. The number of likely N-dealkylation sites (tertiary alicyclic amines) is 1. The molecule has 1 atom stereocenters. The lowest BCUT2D eigenvalue weighted by Crippen LogP contribution is -2.59. The number of carbonyl (C=O) groups excluding carboxylic acids is 2. The molecule has 10 nitrogen and oxygen atoms in total. The Balaban J connectivity index is 1.25. The Kier molecular flexibility index (Phi) is 5.00. The van der Waals surface area contributed by atoms with Crippen molar-refractivity contribution in [1.29, 1.82) is 0 Å². The number of carbonyl (C=O) groups is 2. The van der Waals surface area contributed by atoms with Gasteiger partial charge in [0.25, 0.3) is 11.5 Å². The summed E-state index contributed by atoms with van der Waals surface area (Å²) in [5, 5.41) is 7.34. The summed E-state index contributed by atoms with van der Waals surface area (Å²) in [5.41, 5.74) is 7.81. The van der Waals surface area contributed by atoms with Gasteiger partial charge >= 0.3 is 0 Å². The number of anilines is 2. The number of hydrogen-bond acceptors (Lipinski definition) is 8. The van der Waals surface area contributed by atoms with Crippen molar-refractivity contribution in [3.8, 4) is 0 Å². The molecule has 3 aromatic heterocycles. The van der Waals surface area contributed by atoms with E-state index in [2.05, 4.69) is 20.6 Å². The van der Waals surface area contributed by atoms with Crippen molar-refractivity contribution in [2.45, 2.75) is 63.6 Å². The molecule has 2 amide bonds. The second kappa shape index (κ2) is 8.09. The van der Waals surface area contributed by atoms with Crippen LogP contribution in [0, 0.1) is 12.8 Å². The maximum Gasteiger partial charge on any atom is 0.276 e. The average Bonchev–Trinajstić information content (AvgIpc) is 3.55. The van der Waals surface area contributed by atoms with E-state index in [-0.39, 0.29) is 29.3 Å². The Labute approximate surface area is 217 Å². The minimum Gasteiger partial charge on any atom is -0.339 e. The van der Waals surface area contributed by atoms with Gasteiger partial charge in [-0.3, -0.25) is 19.0 Å². The summed E-state index contributed by atoms with van der Waals surface area (Å²) >= 11 is 1.60. The number of pyridine rings is 1. The molecular weight excluding hydrogens is 490 g/mol. The van der Waals surface area contributed by atoms with Crippen LogP contribution < -0.4 is 21.9 Å². The normalized spacial score (nSPS) is 22.2. The van der Waals surface area contributed by atoms with Crippen LogP contribution in [0.15, 0.2) is 17.2 Å². The fourth-order valence-corrected chi connectivity index (χ4v) is 7.92. The Hall–Kier alpha value is -3.31. The molecule has 4 aliphatic rings. The first-order valence-electron chi connectivity index (χ1n) is 13.0. The molecule has 192 valence electrons. The fourth-order valence-electron chi connectivity index (χ4n) is 6.65. The van der Waals surface area contributed by atoms with Crippen molar-refractivity contribution in [2.75, 3.05) is 18.4 Å². The summed E-state index contributed by atoms with van der Waals surface area (Å²) < 4.78 is 1.68. The van der Waals surface area contributed by atoms with Crippen molar-refractivity contribution < 1.29 is 9.59 Å². The van der Waals surface area contributed by atoms with Crippen LogP contribution in [0.5, 0.6) is 0 Å². The predicted octanol–water partition coefficient (Wildman–Crippen LogP) is 2.15. The standard InChI is InChI=1S/C26H29N7O3S/c1-13-8-17(25(36)33-20(13)22(34)31-26(33)6-2-3-7-26)30-21-19-16-5-4-14(24(35)32-10-15(27)11-32)9-18(16)37-23(19)29-12-28-21/h8,12,14-15H,2-7,9-11,27H2,1H3,(H,31,34)(H,28,29,30)/t14-/m0/s1. The number of fused-ring (bicyclic) bond motifs is 5. The van der Waals surface area contributed by atoms with E-state index in [1.54, 1.807) is 22.0 Å². The second-order valence-electron chi connectivity index (χ2n) is 10.9. The highest BCUT2D eigenvalue weighted by Gasteiger charge is 2.46. The van der Waals surface area contributed by atoms with Crippen molar-refractivity contribution in [3.05, 3.63) is 44.4 Å². The topological polar surface area (TPSA) is 135 Å². The summed E-state index contributed by atoms with van der Waals surface area (Å²) in [5.74, 6) is 0.577.